The first-order valence-corrected chi connectivity index (χ1v) is 7.34. The number of nitrogens with zero attached hydrogens (tertiary/aromatic N) is 3. The van der Waals surface area contributed by atoms with Gasteiger partial charge in [-0.3, -0.25) is 4.40 Å². The minimum Gasteiger partial charge on any atom is -0.351 e. The molecule has 0 radical (unpaired) electrons. The number of benzene rings is 1. The molecule has 0 atom stereocenters. The summed E-state index contributed by atoms with van der Waals surface area (Å²) >= 11 is 0. The van der Waals surface area contributed by atoms with E-state index in [1.54, 1.807) is 18.2 Å². The van der Waals surface area contributed by atoms with E-state index in [0.717, 1.165) is 5.56 Å². The van der Waals surface area contributed by atoms with Crippen molar-refractivity contribution in [3.05, 3.63) is 36.2 Å². The first-order valence-electron chi connectivity index (χ1n) is 5.93. The van der Waals surface area contributed by atoms with E-state index in [1.807, 2.05) is 6.92 Å². The van der Waals surface area contributed by atoms with E-state index in [-0.39, 0.29) is 11.2 Å². The van der Waals surface area contributed by atoms with Crippen molar-refractivity contribution in [2.75, 3.05) is 0 Å². The average Bonchev–Trinajstić information content (AvgIpc) is 2.87. The molecule has 3 aromatic rings. The largest absolute Gasteiger partial charge is 0.534 e. The van der Waals surface area contributed by atoms with Crippen molar-refractivity contribution in [3.63, 3.8) is 0 Å². The van der Waals surface area contributed by atoms with Crippen molar-refractivity contribution in [1.82, 2.24) is 14.4 Å². The molecular formula is C12H8F3N3O3S. The van der Waals surface area contributed by atoms with Crippen LogP contribution in [0.25, 0.3) is 16.7 Å². The Hall–Kier alpha value is -2.36. The Kier molecular flexibility index (Phi) is 3.02. The van der Waals surface area contributed by atoms with E-state index < -0.39 is 21.5 Å². The van der Waals surface area contributed by atoms with Crippen LogP contribution >= 0.6 is 0 Å². The fraction of sp³-hybridized carbons (Fsp3) is 0.167. The van der Waals surface area contributed by atoms with Crippen molar-refractivity contribution in [1.29, 1.82) is 0 Å². The molecule has 0 amide bonds. The van der Waals surface area contributed by atoms with E-state index in [2.05, 4.69) is 14.2 Å². The molecule has 10 heteroatoms. The summed E-state index contributed by atoms with van der Waals surface area (Å²) in [5, 5.41) is 0. The number of aromatic nitrogens is 3. The lowest BCUT2D eigenvalue weighted by atomic mass is 10.2. The lowest BCUT2D eigenvalue weighted by Crippen LogP contribution is -2.28. The van der Waals surface area contributed by atoms with Crippen LogP contribution in [0.3, 0.4) is 0 Å². The number of halogens is 3. The standard InChI is InChI=1S/C12H8F3N3O3S/c1-7-2-3-8-9(6-7)18-5-4-16-10(18)11(17-8)21-22(19,20)12(13,14)15/h2-6H,1H3. The lowest BCUT2D eigenvalue weighted by Gasteiger charge is -2.11. The van der Waals surface area contributed by atoms with Crippen LogP contribution in [0.4, 0.5) is 13.2 Å². The highest BCUT2D eigenvalue weighted by Gasteiger charge is 2.49. The Morgan fingerprint density at radius 1 is 1.27 bits per heavy atom. The second-order valence-electron chi connectivity index (χ2n) is 4.51. The maximum atomic E-state index is 12.4. The Morgan fingerprint density at radius 2 is 2.00 bits per heavy atom. The van der Waals surface area contributed by atoms with E-state index >= 15 is 0 Å². The Bertz CT molecular complexity index is 980. The van der Waals surface area contributed by atoms with Gasteiger partial charge in [0.05, 0.1) is 11.0 Å². The van der Waals surface area contributed by atoms with Crippen molar-refractivity contribution in [2.24, 2.45) is 0 Å². The number of hydrogen-bond donors (Lipinski definition) is 0. The highest BCUT2D eigenvalue weighted by molar-refractivity contribution is 7.88. The number of hydrogen-bond acceptors (Lipinski definition) is 5. The summed E-state index contributed by atoms with van der Waals surface area (Å²) in [6.07, 6.45) is 2.79. The van der Waals surface area contributed by atoms with E-state index in [4.69, 9.17) is 0 Å². The second kappa shape index (κ2) is 4.57. The first-order chi connectivity index (χ1) is 10.2. The molecule has 6 nitrogen and oxygen atoms in total. The summed E-state index contributed by atoms with van der Waals surface area (Å²) in [6, 6.07) is 5.00. The van der Waals surface area contributed by atoms with Gasteiger partial charge < -0.3 is 4.18 Å². The van der Waals surface area contributed by atoms with Crippen molar-refractivity contribution >= 4 is 26.8 Å². The van der Waals surface area contributed by atoms with Crippen molar-refractivity contribution < 1.29 is 25.8 Å². The predicted molar refractivity (Wildman–Crippen MR) is 70.8 cm³/mol. The third-order valence-corrected chi connectivity index (χ3v) is 3.86. The molecule has 22 heavy (non-hydrogen) atoms. The van der Waals surface area contributed by atoms with Gasteiger partial charge in [0.1, 0.15) is 0 Å². The van der Waals surface area contributed by atoms with E-state index in [9.17, 15) is 21.6 Å². The van der Waals surface area contributed by atoms with Gasteiger partial charge in [0, 0.05) is 12.4 Å². The normalized spacial score (nSPS) is 12.9. The third kappa shape index (κ3) is 2.25. The number of fused-ring (bicyclic) bond motifs is 3. The summed E-state index contributed by atoms with van der Waals surface area (Å²) in [4.78, 5) is 7.64. The molecule has 116 valence electrons. The molecule has 0 saturated carbocycles. The fourth-order valence-electron chi connectivity index (χ4n) is 1.94. The van der Waals surface area contributed by atoms with Crippen LogP contribution < -0.4 is 4.18 Å². The molecule has 0 aliphatic rings. The monoisotopic (exact) mass is 331 g/mol. The quantitative estimate of drug-likeness (QED) is 0.533. The van der Waals surface area contributed by atoms with Gasteiger partial charge in [-0.2, -0.15) is 21.6 Å². The van der Waals surface area contributed by atoms with Crippen LogP contribution in [0.15, 0.2) is 30.6 Å². The Labute approximate surface area is 122 Å². The maximum Gasteiger partial charge on any atom is 0.534 e. The van der Waals surface area contributed by atoms with Gasteiger partial charge in [-0.1, -0.05) is 6.07 Å². The number of imidazole rings is 1. The van der Waals surface area contributed by atoms with Gasteiger partial charge in [-0.15, -0.1) is 0 Å². The summed E-state index contributed by atoms with van der Waals surface area (Å²) in [5.74, 6) is -0.723. The summed E-state index contributed by atoms with van der Waals surface area (Å²) < 4.78 is 65.2. The molecule has 0 fully saturated rings. The van der Waals surface area contributed by atoms with E-state index in [1.165, 1.54) is 16.8 Å². The van der Waals surface area contributed by atoms with Crippen LogP contribution in [0.5, 0.6) is 5.88 Å². The van der Waals surface area contributed by atoms with Crippen LogP contribution in [-0.2, 0) is 10.1 Å². The van der Waals surface area contributed by atoms with Gasteiger partial charge in [0.25, 0.3) is 5.88 Å². The molecule has 0 bridgehead atoms. The molecule has 0 aliphatic heterocycles. The topological polar surface area (TPSA) is 73.6 Å². The Balaban J connectivity index is 2.26. The van der Waals surface area contributed by atoms with Crippen LogP contribution in [0, 0.1) is 6.92 Å². The molecule has 0 unspecified atom stereocenters. The van der Waals surface area contributed by atoms with Gasteiger partial charge in [0.2, 0.25) is 5.65 Å². The minimum atomic E-state index is -5.81. The highest BCUT2D eigenvalue weighted by Crippen LogP contribution is 2.29. The summed E-state index contributed by atoms with van der Waals surface area (Å²) in [6.45, 7) is 1.83. The SMILES string of the molecule is Cc1ccc2nc(OS(=O)(=O)C(F)(F)F)c3nccn3c2c1. The smallest absolute Gasteiger partial charge is 0.351 e. The number of alkyl halides is 3. The Morgan fingerprint density at radius 3 is 2.68 bits per heavy atom. The molecule has 0 spiro atoms. The van der Waals surface area contributed by atoms with Gasteiger partial charge in [-0.25, -0.2) is 9.97 Å². The van der Waals surface area contributed by atoms with Crippen LogP contribution in [0.1, 0.15) is 5.56 Å². The molecule has 0 saturated heterocycles. The molecule has 1 aromatic carbocycles. The van der Waals surface area contributed by atoms with Gasteiger partial charge in [0.15, 0.2) is 0 Å². The first kappa shape index (κ1) is 14.6. The van der Waals surface area contributed by atoms with Crippen molar-refractivity contribution in [2.45, 2.75) is 12.4 Å². The lowest BCUT2D eigenvalue weighted by molar-refractivity contribution is -0.0500. The number of rotatable bonds is 2. The van der Waals surface area contributed by atoms with E-state index in [0.29, 0.717) is 5.52 Å². The van der Waals surface area contributed by atoms with Crippen LogP contribution in [-0.4, -0.2) is 28.3 Å². The van der Waals surface area contributed by atoms with Crippen LogP contribution in [0.2, 0.25) is 0 Å². The highest BCUT2D eigenvalue weighted by atomic mass is 32.2. The van der Waals surface area contributed by atoms with Gasteiger partial charge in [-0.05, 0) is 24.6 Å². The zero-order valence-electron chi connectivity index (χ0n) is 11.0. The fourth-order valence-corrected chi connectivity index (χ4v) is 2.36. The van der Waals surface area contributed by atoms with Gasteiger partial charge >= 0.3 is 15.6 Å². The molecule has 0 aliphatic carbocycles. The molecular weight excluding hydrogens is 323 g/mol. The maximum absolute atomic E-state index is 12.4. The molecule has 0 N–H and O–H groups in total. The zero-order valence-corrected chi connectivity index (χ0v) is 11.8. The zero-order chi connectivity index (χ0) is 16.1. The average molecular weight is 331 g/mol. The predicted octanol–water partition coefficient (Wildman–Crippen LogP) is 2.42. The summed E-state index contributed by atoms with van der Waals surface area (Å²) in [5.41, 5.74) is -3.90. The molecule has 3 rings (SSSR count). The summed E-state index contributed by atoms with van der Waals surface area (Å²) in [7, 11) is -5.81. The third-order valence-electron chi connectivity index (χ3n) is 2.92. The second-order valence-corrected chi connectivity index (χ2v) is 6.05. The van der Waals surface area contributed by atoms with Crippen molar-refractivity contribution in [3.8, 4) is 5.88 Å². The molecule has 2 aromatic heterocycles. The minimum absolute atomic E-state index is 0.120. The number of aryl methyl sites for hydroxylation is 1. The molecule has 2 heterocycles.